The van der Waals surface area contributed by atoms with Crippen molar-refractivity contribution < 1.29 is 9.59 Å². The average Bonchev–Trinajstić information content (AvgIpc) is 3.08. The number of fused-ring (bicyclic) bond motifs is 1. The fraction of sp³-hybridized carbons (Fsp3) is 0.364. The molecule has 1 aromatic carbocycles. The van der Waals surface area contributed by atoms with E-state index < -0.39 is 0 Å². The first-order valence-corrected chi connectivity index (χ1v) is 9.86. The van der Waals surface area contributed by atoms with Gasteiger partial charge in [-0.15, -0.1) is 0 Å². The van der Waals surface area contributed by atoms with E-state index >= 15 is 0 Å². The topological polar surface area (TPSA) is 71.3 Å². The highest BCUT2D eigenvalue weighted by atomic mass is 16.2. The number of hydrogen-bond donors (Lipinski definition) is 0. The Morgan fingerprint density at radius 1 is 1.03 bits per heavy atom. The Hall–Kier alpha value is -3.22. The van der Waals surface area contributed by atoms with Gasteiger partial charge < -0.3 is 14.4 Å². The minimum atomic E-state index is -0.185. The maximum absolute atomic E-state index is 12.7. The second-order valence-electron chi connectivity index (χ2n) is 7.15. The number of hydrogen-bond acceptors (Lipinski definition) is 4. The molecule has 3 rings (SSSR count). The summed E-state index contributed by atoms with van der Waals surface area (Å²) < 4.78 is 1.91. The van der Waals surface area contributed by atoms with Gasteiger partial charge in [-0.2, -0.15) is 0 Å². The molecule has 0 N–H and O–H groups in total. The van der Waals surface area contributed by atoms with Gasteiger partial charge in [-0.05, 0) is 30.7 Å². The van der Waals surface area contributed by atoms with Gasteiger partial charge in [0.05, 0.1) is 17.6 Å². The molecule has 0 aliphatic carbocycles. The lowest BCUT2D eigenvalue weighted by Gasteiger charge is -2.20. The van der Waals surface area contributed by atoms with E-state index in [-0.39, 0.29) is 24.9 Å². The highest BCUT2D eigenvalue weighted by molar-refractivity contribution is 5.92. The first-order chi connectivity index (χ1) is 14.0. The van der Waals surface area contributed by atoms with Crippen molar-refractivity contribution in [2.75, 3.05) is 20.6 Å². The van der Waals surface area contributed by atoms with Gasteiger partial charge in [0.25, 0.3) is 5.91 Å². The van der Waals surface area contributed by atoms with Crippen molar-refractivity contribution in [2.45, 2.75) is 32.9 Å². The van der Waals surface area contributed by atoms with Crippen molar-refractivity contribution in [1.82, 2.24) is 24.3 Å². The number of imidazole rings is 1. The molecule has 0 radical (unpaired) electrons. The zero-order chi connectivity index (χ0) is 20.8. The molecule has 0 unspecified atom stereocenters. The zero-order valence-corrected chi connectivity index (χ0v) is 17.2. The van der Waals surface area contributed by atoms with Gasteiger partial charge in [-0.1, -0.05) is 31.5 Å². The van der Waals surface area contributed by atoms with Crippen LogP contribution in [0.15, 0.2) is 48.7 Å². The number of carbonyl (C=O) groups is 2. The summed E-state index contributed by atoms with van der Waals surface area (Å²) in [6.07, 6.45) is 3.61. The quantitative estimate of drug-likeness (QED) is 0.590. The molecule has 0 fully saturated rings. The van der Waals surface area contributed by atoms with Crippen molar-refractivity contribution in [2.24, 2.45) is 0 Å². The van der Waals surface area contributed by atoms with E-state index in [2.05, 4.69) is 16.9 Å². The number of unbranched alkanes of at least 4 members (excludes halogenated alkanes) is 1. The largest absolute Gasteiger partial charge is 0.344 e. The summed E-state index contributed by atoms with van der Waals surface area (Å²) >= 11 is 0. The minimum absolute atomic E-state index is 0.0292. The molecule has 0 aliphatic heterocycles. The molecule has 152 valence electrons. The number of rotatable bonds is 8. The zero-order valence-electron chi connectivity index (χ0n) is 17.2. The van der Waals surface area contributed by atoms with Gasteiger partial charge in [-0.3, -0.25) is 14.6 Å². The van der Waals surface area contributed by atoms with Crippen molar-refractivity contribution in [3.05, 3.63) is 60.2 Å². The van der Waals surface area contributed by atoms with E-state index in [1.807, 2.05) is 35.9 Å². The third-order valence-electron chi connectivity index (χ3n) is 4.91. The highest BCUT2D eigenvalue weighted by Gasteiger charge is 2.20. The van der Waals surface area contributed by atoms with Crippen LogP contribution in [0.2, 0.25) is 0 Å². The fourth-order valence-corrected chi connectivity index (χ4v) is 3.17. The van der Waals surface area contributed by atoms with Crippen molar-refractivity contribution in [3.63, 3.8) is 0 Å². The van der Waals surface area contributed by atoms with E-state index in [0.717, 1.165) is 30.4 Å². The standard InChI is InChI=1S/C22H27N5O2/c1-4-5-14-25(2)21(28)16-27-19-12-7-6-10-17(19)24-20(27)15-26(3)22(29)18-11-8-9-13-23-18/h6-13H,4-5,14-16H2,1-3H3. The Kier molecular flexibility index (Phi) is 6.59. The molecule has 0 saturated carbocycles. The Morgan fingerprint density at radius 2 is 1.79 bits per heavy atom. The van der Waals surface area contributed by atoms with E-state index in [9.17, 15) is 9.59 Å². The first-order valence-electron chi connectivity index (χ1n) is 9.86. The molecule has 0 aliphatic rings. The summed E-state index contributed by atoms with van der Waals surface area (Å²) in [5.74, 6) is 0.521. The molecule has 2 amide bonds. The van der Waals surface area contributed by atoms with Crippen LogP contribution < -0.4 is 0 Å². The van der Waals surface area contributed by atoms with Crippen LogP contribution in [-0.2, 0) is 17.9 Å². The predicted octanol–water partition coefficient (Wildman–Crippen LogP) is 2.96. The minimum Gasteiger partial charge on any atom is -0.344 e. The Balaban J connectivity index is 1.85. The van der Waals surface area contributed by atoms with E-state index in [4.69, 9.17) is 0 Å². The van der Waals surface area contributed by atoms with Gasteiger partial charge in [0.15, 0.2) is 0 Å². The van der Waals surface area contributed by atoms with Crippen LogP contribution in [0.4, 0.5) is 0 Å². The van der Waals surface area contributed by atoms with Crippen LogP contribution in [0.5, 0.6) is 0 Å². The number of para-hydroxylation sites is 2. The van der Waals surface area contributed by atoms with E-state index in [1.165, 1.54) is 0 Å². The highest BCUT2D eigenvalue weighted by Crippen LogP contribution is 2.18. The van der Waals surface area contributed by atoms with Gasteiger partial charge in [0, 0.05) is 26.8 Å². The molecular formula is C22H27N5O2. The molecule has 0 bridgehead atoms. The molecule has 0 atom stereocenters. The van der Waals surface area contributed by atoms with E-state index in [0.29, 0.717) is 11.5 Å². The summed E-state index contributed by atoms with van der Waals surface area (Å²) in [4.78, 5) is 37.6. The summed E-state index contributed by atoms with van der Waals surface area (Å²) in [7, 11) is 3.55. The van der Waals surface area contributed by atoms with Crippen LogP contribution in [0.1, 0.15) is 36.1 Å². The Bertz CT molecular complexity index is 983. The molecule has 2 aromatic heterocycles. The summed E-state index contributed by atoms with van der Waals surface area (Å²) in [5, 5.41) is 0. The molecular weight excluding hydrogens is 366 g/mol. The Morgan fingerprint density at radius 3 is 2.52 bits per heavy atom. The lowest BCUT2D eigenvalue weighted by molar-refractivity contribution is -0.130. The van der Waals surface area contributed by atoms with E-state index in [1.54, 1.807) is 41.2 Å². The van der Waals surface area contributed by atoms with Crippen LogP contribution in [0, 0.1) is 0 Å². The average molecular weight is 393 g/mol. The third-order valence-corrected chi connectivity index (χ3v) is 4.91. The van der Waals surface area contributed by atoms with Crippen LogP contribution in [0.3, 0.4) is 0 Å². The Labute approximate surface area is 171 Å². The summed E-state index contributed by atoms with van der Waals surface area (Å²) in [6, 6.07) is 13.0. The van der Waals surface area contributed by atoms with Gasteiger partial charge in [0.2, 0.25) is 5.91 Å². The van der Waals surface area contributed by atoms with Gasteiger partial charge in [-0.25, -0.2) is 4.98 Å². The number of nitrogens with zero attached hydrogens (tertiary/aromatic N) is 5. The predicted molar refractivity (Wildman–Crippen MR) is 112 cm³/mol. The lowest BCUT2D eigenvalue weighted by atomic mass is 10.3. The summed E-state index contributed by atoms with van der Waals surface area (Å²) in [5.41, 5.74) is 2.08. The molecule has 2 heterocycles. The normalized spacial score (nSPS) is 10.9. The molecule has 7 nitrogen and oxygen atoms in total. The van der Waals surface area contributed by atoms with Crippen LogP contribution in [-0.4, -0.2) is 56.8 Å². The molecule has 0 saturated heterocycles. The van der Waals surface area contributed by atoms with Crippen molar-refractivity contribution in [1.29, 1.82) is 0 Å². The second-order valence-corrected chi connectivity index (χ2v) is 7.15. The second kappa shape index (κ2) is 9.32. The number of benzene rings is 1. The van der Waals surface area contributed by atoms with Gasteiger partial charge in [0.1, 0.15) is 18.1 Å². The van der Waals surface area contributed by atoms with Crippen LogP contribution >= 0.6 is 0 Å². The fourth-order valence-electron chi connectivity index (χ4n) is 3.17. The smallest absolute Gasteiger partial charge is 0.272 e. The molecule has 29 heavy (non-hydrogen) atoms. The maximum Gasteiger partial charge on any atom is 0.272 e. The lowest BCUT2D eigenvalue weighted by Crippen LogP contribution is -2.33. The maximum atomic E-state index is 12.7. The molecule has 3 aromatic rings. The third kappa shape index (κ3) is 4.80. The SMILES string of the molecule is CCCCN(C)C(=O)Cn1c(CN(C)C(=O)c2ccccn2)nc2ccccc21. The first kappa shape index (κ1) is 20.5. The number of aromatic nitrogens is 3. The molecule has 7 heteroatoms. The van der Waals surface area contributed by atoms with Crippen LogP contribution in [0.25, 0.3) is 11.0 Å². The number of amides is 2. The summed E-state index contributed by atoms with van der Waals surface area (Å²) in [6.45, 7) is 3.32. The number of likely N-dealkylation sites (N-methyl/N-ethyl adjacent to an activating group) is 1. The van der Waals surface area contributed by atoms with Crippen molar-refractivity contribution in [3.8, 4) is 0 Å². The number of pyridine rings is 1. The van der Waals surface area contributed by atoms with Gasteiger partial charge >= 0.3 is 0 Å². The monoisotopic (exact) mass is 393 g/mol. The number of carbonyl (C=O) groups excluding carboxylic acids is 2. The molecule has 0 spiro atoms. The van der Waals surface area contributed by atoms with Crippen molar-refractivity contribution >= 4 is 22.8 Å².